The molecule has 0 heterocycles. The van der Waals surface area contributed by atoms with Crippen molar-refractivity contribution in [2.75, 3.05) is 5.75 Å². The molecule has 0 bridgehead atoms. The molecule has 0 radical (unpaired) electrons. The summed E-state index contributed by atoms with van der Waals surface area (Å²) in [5.74, 6) is 2.11. The molecule has 84 valence electrons. The molecule has 1 unspecified atom stereocenters. The van der Waals surface area contributed by atoms with Crippen LogP contribution in [0.5, 0.6) is 0 Å². The first kappa shape index (κ1) is 13.8. The van der Waals surface area contributed by atoms with Crippen molar-refractivity contribution in [1.29, 1.82) is 5.41 Å². The minimum Gasteiger partial charge on any atom is -0.387 e. The first-order valence-electron chi connectivity index (χ1n) is 5.23. The van der Waals surface area contributed by atoms with E-state index >= 15 is 0 Å². The summed E-state index contributed by atoms with van der Waals surface area (Å²) in [5, 5.41) is 8.13. The molecule has 0 aliphatic carbocycles. The second kappa shape index (κ2) is 5.64. The van der Waals surface area contributed by atoms with Gasteiger partial charge in [-0.05, 0) is 18.1 Å². The van der Waals surface area contributed by atoms with Gasteiger partial charge in [0.15, 0.2) is 0 Å². The van der Waals surface area contributed by atoms with E-state index in [0.717, 1.165) is 18.1 Å². The molecule has 14 heavy (non-hydrogen) atoms. The van der Waals surface area contributed by atoms with Crippen molar-refractivity contribution >= 4 is 17.6 Å². The zero-order chi connectivity index (χ0) is 11.4. The normalized spacial score (nSPS) is 14.4. The highest BCUT2D eigenvalue weighted by molar-refractivity contribution is 7.99. The molecule has 0 aromatic carbocycles. The highest BCUT2D eigenvalue weighted by Crippen LogP contribution is 2.26. The third-order valence-corrected chi connectivity index (χ3v) is 4.29. The second-order valence-electron chi connectivity index (χ2n) is 4.87. The van der Waals surface area contributed by atoms with Crippen molar-refractivity contribution in [3.8, 4) is 0 Å². The van der Waals surface area contributed by atoms with Crippen LogP contribution in [-0.2, 0) is 0 Å². The van der Waals surface area contributed by atoms with E-state index in [4.69, 9.17) is 11.1 Å². The van der Waals surface area contributed by atoms with E-state index in [0.29, 0.717) is 11.1 Å². The molecule has 3 N–H and O–H groups in total. The van der Waals surface area contributed by atoms with Gasteiger partial charge in [-0.2, -0.15) is 11.8 Å². The molecule has 0 aliphatic heterocycles. The van der Waals surface area contributed by atoms with E-state index in [9.17, 15) is 0 Å². The Balaban J connectivity index is 3.79. The summed E-state index contributed by atoms with van der Waals surface area (Å²) in [6.07, 6.45) is 0.990. The molecular formula is C11H24N2S. The molecule has 0 saturated heterocycles. The minimum absolute atomic E-state index is 0.135. The van der Waals surface area contributed by atoms with Crippen LogP contribution in [-0.4, -0.2) is 16.8 Å². The molecule has 0 saturated carbocycles. The van der Waals surface area contributed by atoms with E-state index in [1.807, 2.05) is 25.6 Å². The maximum atomic E-state index is 7.44. The van der Waals surface area contributed by atoms with Crippen LogP contribution in [0.25, 0.3) is 0 Å². The molecule has 0 aromatic heterocycles. The van der Waals surface area contributed by atoms with Gasteiger partial charge in [0, 0.05) is 10.7 Å². The van der Waals surface area contributed by atoms with Crippen LogP contribution in [0.15, 0.2) is 0 Å². The quantitative estimate of drug-likeness (QED) is 0.529. The minimum atomic E-state index is -0.135. The van der Waals surface area contributed by atoms with Crippen molar-refractivity contribution in [2.24, 2.45) is 17.1 Å². The van der Waals surface area contributed by atoms with E-state index in [-0.39, 0.29) is 5.41 Å². The Morgan fingerprint density at radius 2 is 1.86 bits per heavy atom. The molecule has 0 fully saturated rings. The van der Waals surface area contributed by atoms with Gasteiger partial charge in [-0.25, -0.2) is 0 Å². The fourth-order valence-corrected chi connectivity index (χ4v) is 2.21. The van der Waals surface area contributed by atoms with E-state index in [1.54, 1.807) is 0 Å². The smallest absolute Gasteiger partial charge is 0.0963 e. The maximum Gasteiger partial charge on any atom is 0.0963 e. The molecule has 0 aromatic rings. The van der Waals surface area contributed by atoms with Crippen molar-refractivity contribution in [2.45, 2.75) is 46.3 Å². The first-order chi connectivity index (χ1) is 6.27. The van der Waals surface area contributed by atoms with E-state index in [1.165, 1.54) is 0 Å². The fourth-order valence-electron chi connectivity index (χ4n) is 0.827. The number of hydrogen-bond acceptors (Lipinski definition) is 2. The van der Waals surface area contributed by atoms with Crippen LogP contribution in [0.4, 0.5) is 0 Å². The largest absolute Gasteiger partial charge is 0.387 e. The number of thioether (sulfide) groups is 1. The number of nitrogens with one attached hydrogen (secondary N) is 1. The molecule has 1 atom stereocenters. The number of rotatable bonds is 6. The lowest BCUT2D eigenvalue weighted by atomic mass is 9.89. The SMILES string of the molecule is CC(C)C(C)SCCC(C)(C)C(=N)N. The van der Waals surface area contributed by atoms with Gasteiger partial charge in [0.05, 0.1) is 5.84 Å². The molecule has 2 nitrogen and oxygen atoms in total. The summed E-state index contributed by atoms with van der Waals surface area (Å²) < 4.78 is 0. The topological polar surface area (TPSA) is 49.9 Å². The Labute approximate surface area is 92.5 Å². The van der Waals surface area contributed by atoms with Gasteiger partial charge >= 0.3 is 0 Å². The molecule has 0 amide bonds. The Morgan fingerprint density at radius 1 is 1.36 bits per heavy atom. The molecule has 3 heteroatoms. The molecular weight excluding hydrogens is 192 g/mol. The summed E-state index contributed by atoms with van der Waals surface area (Å²) in [5.41, 5.74) is 5.39. The van der Waals surface area contributed by atoms with Crippen LogP contribution >= 0.6 is 11.8 Å². The predicted molar refractivity (Wildman–Crippen MR) is 67.1 cm³/mol. The van der Waals surface area contributed by atoms with Gasteiger partial charge < -0.3 is 5.73 Å². The van der Waals surface area contributed by atoms with Crippen molar-refractivity contribution in [3.63, 3.8) is 0 Å². The second-order valence-corrected chi connectivity index (χ2v) is 6.35. The lowest BCUT2D eigenvalue weighted by molar-refractivity contribution is 0.499. The van der Waals surface area contributed by atoms with E-state index in [2.05, 4.69) is 20.8 Å². The fraction of sp³-hybridized carbons (Fsp3) is 0.909. The lowest BCUT2D eigenvalue weighted by Crippen LogP contribution is -2.31. The van der Waals surface area contributed by atoms with Crippen molar-refractivity contribution in [1.82, 2.24) is 0 Å². The monoisotopic (exact) mass is 216 g/mol. The third-order valence-electron chi connectivity index (χ3n) is 2.78. The van der Waals surface area contributed by atoms with Gasteiger partial charge in [0.2, 0.25) is 0 Å². The summed E-state index contributed by atoms with van der Waals surface area (Å²) in [7, 11) is 0. The zero-order valence-corrected chi connectivity index (χ0v) is 10.9. The Morgan fingerprint density at radius 3 is 2.21 bits per heavy atom. The summed E-state index contributed by atoms with van der Waals surface area (Å²) in [6.45, 7) is 10.8. The highest BCUT2D eigenvalue weighted by atomic mass is 32.2. The average Bonchev–Trinajstić information content (AvgIpc) is 2.03. The standard InChI is InChI=1S/C11H24N2S/c1-8(2)9(3)14-7-6-11(4,5)10(12)13/h8-9H,6-7H2,1-5H3,(H3,12,13). The number of amidine groups is 1. The third kappa shape index (κ3) is 4.89. The summed E-state index contributed by atoms with van der Waals surface area (Å²) >= 11 is 1.98. The van der Waals surface area contributed by atoms with Gasteiger partial charge in [-0.15, -0.1) is 0 Å². The average molecular weight is 216 g/mol. The molecule has 0 aliphatic rings. The summed E-state index contributed by atoms with van der Waals surface area (Å²) in [6, 6.07) is 0. The van der Waals surface area contributed by atoms with Crippen LogP contribution in [0, 0.1) is 16.7 Å². The number of nitrogens with two attached hydrogens (primary N) is 1. The molecule has 0 rings (SSSR count). The Hall–Kier alpha value is -0.180. The Kier molecular flexibility index (Phi) is 5.57. The van der Waals surface area contributed by atoms with Gasteiger partial charge in [0.25, 0.3) is 0 Å². The van der Waals surface area contributed by atoms with Crippen LogP contribution < -0.4 is 5.73 Å². The first-order valence-corrected chi connectivity index (χ1v) is 6.28. The molecule has 0 spiro atoms. The van der Waals surface area contributed by atoms with Crippen LogP contribution in [0.2, 0.25) is 0 Å². The lowest BCUT2D eigenvalue weighted by Gasteiger charge is -2.24. The zero-order valence-electron chi connectivity index (χ0n) is 10.1. The predicted octanol–water partition coefficient (Wildman–Crippen LogP) is 3.12. The van der Waals surface area contributed by atoms with Crippen molar-refractivity contribution in [3.05, 3.63) is 0 Å². The summed E-state index contributed by atoms with van der Waals surface area (Å²) in [4.78, 5) is 0. The number of hydrogen-bond donors (Lipinski definition) is 2. The van der Waals surface area contributed by atoms with Gasteiger partial charge in [-0.1, -0.05) is 34.6 Å². The van der Waals surface area contributed by atoms with Gasteiger partial charge in [0.1, 0.15) is 0 Å². The van der Waals surface area contributed by atoms with Crippen LogP contribution in [0.3, 0.4) is 0 Å². The maximum absolute atomic E-state index is 7.44. The van der Waals surface area contributed by atoms with Crippen LogP contribution in [0.1, 0.15) is 41.0 Å². The van der Waals surface area contributed by atoms with Gasteiger partial charge in [-0.3, -0.25) is 5.41 Å². The van der Waals surface area contributed by atoms with Crippen molar-refractivity contribution < 1.29 is 0 Å². The Bertz CT molecular complexity index is 188. The van der Waals surface area contributed by atoms with E-state index < -0.39 is 0 Å². The highest BCUT2D eigenvalue weighted by Gasteiger charge is 2.21.